The van der Waals surface area contributed by atoms with Gasteiger partial charge in [0.05, 0.1) is 30.1 Å². The second-order valence-electron chi connectivity index (χ2n) is 6.20. The maximum atomic E-state index is 12.8. The fourth-order valence-electron chi connectivity index (χ4n) is 2.16. The summed E-state index contributed by atoms with van der Waals surface area (Å²) >= 11 is 1.38. The molecule has 0 N–H and O–H groups in total. The Bertz CT molecular complexity index is 880. The number of rotatable bonds is 8. The minimum Gasteiger partial charge on any atom is -0.497 e. The van der Waals surface area contributed by atoms with Gasteiger partial charge in [-0.15, -0.1) is 0 Å². The summed E-state index contributed by atoms with van der Waals surface area (Å²) in [6.07, 6.45) is 1.08. The molecule has 1 aromatic carbocycles. The van der Waals surface area contributed by atoms with E-state index in [-0.39, 0.29) is 12.5 Å². The second kappa shape index (κ2) is 8.30. The van der Waals surface area contributed by atoms with Crippen molar-refractivity contribution in [1.29, 1.82) is 0 Å². The molecular weight excluding hydrogens is 376 g/mol. The summed E-state index contributed by atoms with van der Waals surface area (Å²) in [6, 6.07) is 5.52. The van der Waals surface area contributed by atoms with Gasteiger partial charge in [-0.05, 0) is 32.3 Å². The molecule has 0 aliphatic carbocycles. The fraction of sp³-hybridized carbons (Fsp3) is 0.500. The third-order valence-electron chi connectivity index (χ3n) is 3.81. The monoisotopic (exact) mass is 400 g/mol. The Hall–Kier alpha value is -1.75. The molecule has 2 rings (SSSR count). The van der Waals surface area contributed by atoms with E-state index in [4.69, 9.17) is 4.74 Å². The molecule has 0 bridgehead atoms. The van der Waals surface area contributed by atoms with Gasteiger partial charge in [-0.25, -0.2) is 13.4 Å². The number of anilines is 1. The lowest BCUT2D eigenvalue weighted by Crippen LogP contribution is -2.43. The van der Waals surface area contributed by atoms with Crippen LogP contribution < -0.4 is 9.64 Å². The minimum atomic E-state index is -3.44. The van der Waals surface area contributed by atoms with E-state index in [1.54, 1.807) is 12.0 Å². The molecule has 26 heavy (non-hydrogen) atoms. The summed E-state index contributed by atoms with van der Waals surface area (Å²) in [4.78, 5) is 20.8. The zero-order valence-electron chi connectivity index (χ0n) is 15.6. The van der Waals surface area contributed by atoms with Crippen LogP contribution in [0.2, 0.25) is 0 Å². The normalized spacial score (nSPS) is 12.1. The Labute approximate surface area is 158 Å². The van der Waals surface area contributed by atoms with Crippen LogP contribution in [-0.2, 0) is 14.8 Å². The van der Waals surface area contributed by atoms with Crippen LogP contribution in [0.5, 0.6) is 5.75 Å². The molecule has 0 spiro atoms. The highest BCUT2D eigenvalue weighted by Gasteiger charge is 2.24. The summed E-state index contributed by atoms with van der Waals surface area (Å²) in [6.45, 7) is 0.819. The SMILES string of the molecule is COc1ccc2nc(N(CCN(C)C)C(=O)CN(C)S(C)(=O)=O)sc2c1. The molecule has 10 heteroatoms. The molecule has 0 saturated carbocycles. The first-order valence-electron chi connectivity index (χ1n) is 7.93. The first-order valence-corrected chi connectivity index (χ1v) is 10.6. The number of thiazole rings is 1. The molecule has 1 heterocycles. The van der Waals surface area contributed by atoms with Crippen LogP contribution in [0.3, 0.4) is 0 Å². The lowest BCUT2D eigenvalue weighted by atomic mass is 10.3. The van der Waals surface area contributed by atoms with Crippen LogP contribution in [0.25, 0.3) is 10.2 Å². The van der Waals surface area contributed by atoms with E-state index in [0.717, 1.165) is 26.5 Å². The van der Waals surface area contributed by atoms with E-state index in [0.29, 0.717) is 18.2 Å². The molecule has 1 aromatic heterocycles. The highest BCUT2D eigenvalue weighted by atomic mass is 32.2. The number of carbonyl (C=O) groups is 1. The number of likely N-dealkylation sites (N-methyl/N-ethyl adjacent to an activating group) is 2. The number of carbonyl (C=O) groups excluding carboxylic acids is 1. The number of hydrogen-bond donors (Lipinski definition) is 0. The van der Waals surface area contributed by atoms with Gasteiger partial charge >= 0.3 is 0 Å². The van der Waals surface area contributed by atoms with Gasteiger partial charge in [0.2, 0.25) is 15.9 Å². The zero-order valence-corrected chi connectivity index (χ0v) is 17.2. The Kier molecular flexibility index (Phi) is 6.56. The van der Waals surface area contributed by atoms with Gasteiger partial charge in [-0.1, -0.05) is 11.3 Å². The van der Waals surface area contributed by atoms with E-state index in [1.807, 2.05) is 37.2 Å². The molecule has 144 valence electrons. The number of ether oxygens (including phenoxy) is 1. The van der Waals surface area contributed by atoms with Gasteiger partial charge in [0.25, 0.3) is 0 Å². The van der Waals surface area contributed by atoms with Crippen molar-refractivity contribution in [3.05, 3.63) is 18.2 Å². The van der Waals surface area contributed by atoms with Gasteiger partial charge in [-0.3, -0.25) is 9.69 Å². The van der Waals surface area contributed by atoms with Crippen molar-refractivity contribution in [1.82, 2.24) is 14.2 Å². The number of hydrogen-bond acceptors (Lipinski definition) is 7. The minimum absolute atomic E-state index is 0.231. The summed E-state index contributed by atoms with van der Waals surface area (Å²) in [5.74, 6) is 0.404. The highest BCUT2D eigenvalue weighted by Crippen LogP contribution is 2.31. The standard InChI is InChI=1S/C16H24N4O4S2/c1-18(2)8-9-20(15(21)11-19(3)26(5,22)23)16-17-13-7-6-12(24-4)10-14(13)25-16/h6-7,10H,8-9,11H2,1-5H3. The molecule has 0 aliphatic heterocycles. The molecule has 0 radical (unpaired) electrons. The highest BCUT2D eigenvalue weighted by molar-refractivity contribution is 7.88. The number of sulfonamides is 1. The Morgan fingerprint density at radius 3 is 2.50 bits per heavy atom. The van der Waals surface area contributed by atoms with Crippen LogP contribution in [0.4, 0.5) is 5.13 Å². The van der Waals surface area contributed by atoms with Crippen LogP contribution in [0, 0.1) is 0 Å². The maximum absolute atomic E-state index is 12.8. The van der Waals surface area contributed by atoms with E-state index >= 15 is 0 Å². The van der Waals surface area contributed by atoms with Crippen molar-refractivity contribution < 1.29 is 17.9 Å². The average Bonchev–Trinajstić information content (AvgIpc) is 2.96. The molecule has 8 nitrogen and oxygen atoms in total. The molecule has 2 aromatic rings. The van der Waals surface area contributed by atoms with Gasteiger partial charge in [-0.2, -0.15) is 4.31 Å². The molecule has 0 atom stereocenters. The number of aromatic nitrogens is 1. The third kappa shape index (κ3) is 5.13. The number of fused-ring (bicyclic) bond motifs is 1. The average molecular weight is 401 g/mol. The number of methoxy groups -OCH3 is 1. The lowest BCUT2D eigenvalue weighted by molar-refractivity contribution is -0.118. The first-order chi connectivity index (χ1) is 12.1. The molecule has 0 fully saturated rings. The van der Waals surface area contributed by atoms with Gasteiger partial charge in [0, 0.05) is 20.1 Å². The van der Waals surface area contributed by atoms with Crippen LogP contribution in [0.1, 0.15) is 0 Å². The zero-order chi connectivity index (χ0) is 19.5. The smallest absolute Gasteiger partial charge is 0.244 e. The maximum Gasteiger partial charge on any atom is 0.244 e. The Morgan fingerprint density at radius 1 is 1.23 bits per heavy atom. The largest absolute Gasteiger partial charge is 0.497 e. The summed E-state index contributed by atoms with van der Waals surface area (Å²) < 4.78 is 30.4. The molecule has 0 unspecified atom stereocenters. The molecule has 0 saturated heterocycles. The van der Waals surface area contributed by atoms with Gasteiger partial charge in [0.1, 0.15) is 5.75 Å². The Balaban J connectivity index is 2.32. The van der Waals surface area contributed by atoms with Crippen LogP contribution in [0.15, 0.2) is 18.2 Å². The van der Waals surface area contributed by atoms with Crippen molar-refractivity contribution in [2.45, 2.75) is 0 Å². The van der Waals surface area contributed by atoms with E-state index < -0.39 is 10.0 Å². The van der Waals surface area contributed by atoms with E-state index in [9.17, 15) is 13.2 Å². The first kappa shape index (κ1) is 20.6. The van der Waals surface area contributed by atoms with Crippen LogP contribution in [-0.4, -0.2) is 82.7 Å². The van der Waals surface area contributed by atoms with Crippen molar-refractivity contribution in [2.24, 2.45) is 0 Å². The molecule has 0 aliphatic rings. The molecular formula is C16H24N4O4S2. The molecule has 1 amide bonds. The second-order valence-corrected chi connectivity index (χ2v) is 9.30. The number of amides is 1. The predicted octanol–water partition coefficient (Wildman–Crippen LogP) is 1.09. The summed E-state index contributed by atoms with van der Waals surface area (Å²) in [7, 11) is 3.37. The Morgan fingerprint density at radius 2 is 1.92 bits per heavy atom. The van der Waals surface area contributed by atoms with E-state index in [1.165, 1.54) is 18.4 Å². The fourth-order valence-corrected chi connectivity index (χ4v) is 3.54. The predicted molar refractivity (Wildman–Crippen MR) is 105 cm³/mol. The van der Waals surface area contributed by atoms with Gasteiger partial charge in [0.15, 0.2) is 5.13 Å². The lowest BCUT2D eigenvalue weighted by Gasteiger charge is -2.24. The van der Waals surface area contributed by atoms with Crippen molar-refractivity contribution in [3.63, 3.8) is 0 Å². The van der Waals surface area contributed by atoms with Crippen molar-refractivity contribution in [2.75, 3.05) is 59.0 Å². The number of nitrogens with zero attached hydrogens (tertiary/aromatic N) is 4. The van der Waals surface area contributed by atoms with Gasteiger partial charge < -0.3 is 9.64 Å². The van der Waals surface area contributed by atoms with E-state index in [2.05, 4.69) is 4.98 Å². The van der Waals surface area contributed by atoms with Crippen molar-refractivity contribution >= 4 is 42.6 Å². The van der Waals surface area contributed by atoms with Crippen LogP contribution >= 0.6 is 11.3 Å². The number of benzene rings is 1. The van der Waals surface area contributed by atoms with Crippen molar-refractivity contribution in [3.8, 4) is 5.75 Å². The summed E-state index contributed by atoms with van der Waals surface area (Å²) in [5, 5.41) is 0.544. The third-order valence-corrected chi connectivity index (χ3v) is 6.11. The summed E-state index contributed by atoms with van der Waals surface area (Å²) in [5.41, 5.74) is 0.768. The quantitative estimate of drug-likeness (QED) is 0.660. The topological polar surface area (TPSA) is 83.1 Å².